The molecule has 0 saturated carbocycles. The Morgan fingerprint density at radius 3 is 2.62 bits per heavy atom. The molecule has 1 amide bonds. The van der Waals surface area contributed by atoms with Crippen LogP contribution in [0.25, 0.3) is 0 Å². The van der Waals surface area contributed by atoms with E-state index < -0.39 is 29.5 Å². The number of rotatable bonds is 3. The van der Waals surface area contributed by atoms with Crippen LogP contribution in [0.15, 0.2) is 24.3 Å². The van der Waals surface area contributed by atoms with Crippen molar-refractivity contribution in [2.75, 3.05) is 5.73 Å². The van der Waals surface area contributed by atoms with Gasteiger partial charge in [-0.3, -0.25) is 4.79 Å². The SMILES string of the molecule is C[C@@H](NC(=O)c1cc(Cl)nnc1N)c1cccc(C(F)(F)F)c1F. The molecule has 1 heterocycles. The lowest BCUT2D eigenvalue weighted by atomic mass is 10.0. The summed E-state index contributed by atoms with van der Waals surface area (Å²) in [6, 6.07) is 2.93. The second-order valence-corrected chi connectivity index (χ2v) is 5.25. The van der Waals surface area contributed by atoms with Gasteiger partial charge in [-0.15, -0.1) is 10.2 Å². The maximum Gasteiger partial charge on any atom is 0.419 e. The van der Waals surface area contributed by atoms with E-state index in [1.165, 1.54) is 6.92 Å². The van der Waals surface area contributed by atoms with Gasteiger partial charge in [0.1, 0.15) is 5.82 Å². The molecule has 1 aromatic carbocycles. The maximum absolute atomic E-state index is 14.1. The number of amides is 1. The van der Waals surface area contributed by atoms with Crippen molar-refractivity contribution in [2.24, 2.45) is 0 Å². The zero-order valence-electron chi connectivity index (χ0n) is 12.2. The predicted molar refractivity (Wildman–Crippen MR) is 78.7 cm³/mol. The number of aromatic nitrogens is 2. The number of nitrogens with one attached hydrogen (secondary N) is 1. The van der Waals surface area contributed by atoms with Gasteiger partial charge in [-0.2, -0.15) is 13.2 Å². The number of nitrogens with zero attached hydrogens (tertiary/aromatic N) is 2. The largest absolute Gasteiger partial charge is 0.419 e. The van der Waals surface area contributed by atoms with Gasteiger partial charge >= 0.3 is 6.18 Å². The monoisotopic (exact) mass is 362 g/mol. The maximum atomic E-state index is 14.1. The topological polar surface area (TPSA) is 80.9 Å². The Bertz CT molecular complexity index is 782. The van der Waals surface area contributed by atoms with E-state index in [0.29, 0.717) is 6.07 Å². The molecule has 0 unspecified atom stereocenters. The highest BCUT2D eigenvalue weighted by Crippen LogP contribution is 2.33. The number of halogens is 5. The van der Waals surface area contributed by atoms with Crippen molar-refractivity contribution in [3.8, 4) is 0 Å². The Hall–Kier alpha value is -2.42. The molecule has 0 saturated heterocycles. The number of hydrogen-bond donors (Lipinski definition) is 2. The van der Waals surface area contributed by atoms with Crippen LogP contribution in [0.3, 0.4) is 0 Å². The van der Waals surface area contributed by atoms with Crippen LogP contribution >= 0.6 is 11.6 Å². The van der Waals surface area contributed by atoms with Gasteiger partial charge in [0, 0.05) is 5.56 Å². The first-order valence-corrected chi connectivity index (χ1v) is 6.94. The highest BCUT2D eigenvalue weighted by Gasteiger charge is 2.35. The number of anilines is 1. The Morgan fingerprint density at radius 1 is 1.33 bits per heavy atom. The van der Waals surface area contributed by atoms with Crippen molar-refractivity contribution >= 4 is 23.3 Å². The van der Waals surface area contributed by atoms with Crippen LogP contribution in [0, 0.1) is 5.82 Å². The molecule has 0 aliphatic rings. The first kappa shape index (κ1) is 17.9. The van der Waals surface area contributed by atoms with Crippen LogP contribution in [0.4, 0.5) is 23.4 Å². The Labute approximate surface area is 138 Å². The quantitative estimate of drug-likeness (QED) is 0.820. The van der Waals surface area contributed by atoms with Gasteiger partial charge in [-0.1, -0.05) is 23.7 Å². The van der Waals surface area contributed by atoms with Crippen molar-refractivity contribution in [3.63, 3.8) is 0 Å². The average molecular weight is 363 g/mol. The molecular formula is C14H11ClF4N4O. The molecule has 0 aliphatic heterocycles. The average Bonchev–Trinajstić information content (AvgIpc) is 2.48. The van der Waals surface area contributed by atoms with Crippen molar-refractivity contribution in [1.29, 1.82) is 0 Å². The molecule has 1 atom stereocenters. The lowest BCUT2D eigenvalue weighted by molar-refractivity contribution is -0.140. The standard InChI is InChI=1S/C14H11ClF4N4O/c1-6(7-3-2-4-9(11(7)16)14(17,18)19)21-13(24)8-5-10(15)22-23-12(8)20/h2-6H,1H3,(H2,20,23)(H,21,24)/t6-/m1/s1. The van der Waals surface area contributed by atoms with E-state index in [2.05, 4.69) is 15.5 Å². The summed E-state index contributed by atoms with van der Waals surface area (Å²) in [6.07, 6.45) is -4.84. The van der Waals surface area contributed by atoms with E-state index in [-0.39, 0.29) is 22.1 Å². The lowest BCUT2D eigenvalue weighted by Crippen LogP contribution is -2.29. The van der Waals surface area contributed by atoms with E-state index in [1.807, 2.05) is 0 Å². The molecule has 10 heteroatoms. The fourth-order valence-electron chi connectivity index (χ4n) is 2.01. The number of nitrogen functional groups attached to an aromatic ring is 1. The van der Waals surface area contributed by atoms with E-state index in [0.717, 1.165) is 18.2 Å². The van der Waals surface area contributed by atoms with Crippen molar-refractivity contribution in [2.45, 2.75) is 19.1 Å². The summed E-state index contributed by atoms with van der Waals surface area (Å²) in [7, 11) is 0. The third-order valence-corrected chi connectivity index (χ3v) is 3.37. The third kappa shape index (κ3) is 3.73. The minimum atomic E-state index is -4.84. The Kier molecular flexibility index (Phi) is 4.93. The molecule has 0 spiro atoms. The molecule has 24 heavy (non-hydrogen) atoms. The number of alkyl halides is 3. The van der Waals surface area contributed by atoms with E-state index in [4.69, 9.17) is 17.3 Å². The van der Waals surface area contributed by atoms with Crippen LogP contribution < -0.4 is 11.1 Å². The Morgan fingerprint density at radius 2 is 2.00 bits per heavy atom. The van der Waals surface area contributed by atoms with Crippen LogP contribution in [0.2, 0.25) is 5.15 Å². The van der Waals surface area contributed by atoms with Gasteiger partial charge in [0.2, 0.25) is 0 Å². The molecule has 2 aromatic rings. The second-order valence-electron chi connectivity index (χ2n) is 4.87. The first-order valence-electron chi connectivity index (χ1n) is 6.56. The molecule has 0 radical (unpaired) electrons. The summed E-state index contributed by atoms with van der Waals surface area (Å²) in [4.78, 5) is 12.1. The normalized spacial score (nSPS) is 12.8. The van der Waals surface area contributed by atoms with Crippen LogP contribution in [0.1, 0.15) is 34.5 Å². The highest BCUT2D eigenvalue weighted by molar-refractivity contribution is 6.29. The molecule has 0 bridgehead atoms. The van der Waals surface area contributed by atoms with Crippen LogP contribution in [-0.2, 0) is 6.18 Å². The van der Waals surface area contributed by atoms with Crippen molar-refractivity contribution in [3.05, 3.63) is 51.9 Å². The number of hydrogen-bond acceptors (Lipinski definition) is 4. The molecule has 1 aromatic heterocycles. The summed E-state index contributed by atoms with van der Waals surface area (Å²) in [5, 5.41) is 9.15. The zero-order valence-corrected chi connectivity index (χ0v) is 12.9. The van der Waals surface area contributed by atoms with Gasteiger partial charge < -0.3 is 11.1 Å². The molecule has 3 N–H and O–H groups in total. The summed E-state index contributed by atoms with van der Waals surface area (Å²) >= 11 is 5.62. The van der Waals surface area contributed by atoms with Gasteiger partial charge in [-0.05, 0) is 19.1 Å². The van der Waals surface area contributed by atoms with Crippen molar-refractivity contribution < 1.29 is 22.4 Å². The van der Waals surface area contributed by atoms with Gasteiger partial charge in [0.15, 0.2) is 11.0 Å². The first-order chi connectivity index (χ1) is 11.1. The van der Waals surface area contributed by atoms with Crippen LogP contribution in [0.5, 0.6) is 0 Å². The summed E-state index contributed by atoms with van der Waals surface area (Å²) in [6.45, 7) is 1.34. The molecule has 0 fully saturated rings. The van der Waals surface area contributed by atoms with Crippen molar-refractivity contribution in [1.82, 2.24) is 15.5 Å². The minimum Gasteiger partial charge on any atom is -0.382 e. The van der Waals surface area contributed by atoms with E-state index >= 15 is 0 Å². The minimum absolute atomic E-state index is 0.0905. The Balaban J connectivity index is 2.29. The number of benzene rings is 1. The molecule has 128 valence electrons. The number of carbonyl (C=O) groups is 1. The summed E-state index contributed by atoms with van der Waals surface area (Å²) in [5.41, 5.74) is 3.66. The smallest absolute Gasteiger partial charge is 0.382 e. The third-order valence-electron chi connectivity index (χ3n) is 3.19. The number of nitrogens with two attached hydrogens (primary N) is 1. The highest BCUT2D eigenvalue weighted by atomic mass is 35.5. The van der Waals surface area contributed by atoms with Crippen LogP contribution in [-0.4, -0.2) is 16.1 Å². The lowest BCUT2D eigenvalue weighted by Gasteiger charge is -2.18. The molecule has 5 nitrogen and oxygen atoms in total. The predicted octanol–water partition coefficient (Wildman–Crippen LogP) is 3.36. The zero-order chi connectivity index (χ0) is 18.1. The van der Waals surface area contributed by atoms with Gasteiger partial charge in [0.05, 0.1) is 17.2 Å². The molecular weight excluding hydrogens is 352 g/mol. The second kappa shape index (κ2) is 6.60. The summed E-state index contributed by atoms with van der Waals surface area (Å²) < 4.78 is 52.3. The fourth-order valence-corrected chi connectivity index (χ4v) is 2.16. The fraction of sp³-hybridized carbons (Fsp3) is 0.214. The van der Waals surface area contributed by atoms with Gasteiger partial charge in [-0.25, -0.2) is 4.39 Å². The number of carbonyl (C=O) groups excluding carboxylic acids is 1. The van der Waals surface area contributed by atoms with Gasteiger partial charge in [0.25, 0.3) is 5.91 Å². The summed E-state index contributed by atoms with van der Waals surface area (Å²) in [5.74, 6) is -2.43. The van der Waals surface area contributed by atoms with E-state index in [1.54, 1.807) is 0 Å². The molecule has 0 aliphatic carbocycles. The molecule has 2 rings (SSSR count). The van der Waals surface area contributed by atoms with E-state index in [9.17, 15) is 22.4 Å².